The van der Waals surface area contributed by atoms with E-state index < -0.39 is 17.3 Å². The van der Waals surface area contributed by atoms with Gasteiger partial charge in [0, 0.05) is 37.4 Å². The third-order valence-corrected chi connectivity index (χ3v) is 4.36. The summed E-state index contributed by atoms with van der Waals surface area (Å²) in [5.41, 5.74) is -1.32. The normalized spacial score (nSPS) is 17.0. The summed E-state index contributed by atoms with van der Waals surface area (Å²) < 4.78 is 45.7. The predicted octanol–water partition coefficient (Wildman–Crippen LogP) is 2.56. The number of amides is 1. The second kappa shape index (κ2) is 9.65. The summed E-state index contributed by atoms with van der Waals surface area (Å²) in [7, 11) is 0. The van der Waals surface area contributed by atoms with Crippen molar-refractivity contribution in [3.8, 4) is 0 Å². The Kier molecular flexibility index (Phi) is 7.14. The maximum Gasteiger partial charge on any atom is 0.419 e. The van der Waals surface area contributed by atoms with Crippen LogP contribution in [0.2, 0.25) is 0 Å². The molecule has 1 aliphatic rings. The minimum absolute atomic E-state index is 0.120. The third-order valence-electron chi connectivity index (χ3n) is 4.36. The highest BCUT2D eigenvalue weighted by molar-refractivity contribution is 5.92. The number of hydrogen-bond donors (Lipinski definition) is 4. The molecule has 1 saturated heterocycles. The molecule has 4 N–H and O–H groups in total. The Morgan fingerprint density at radius 2 is 1.91 bits per heavy atom. The fraction of sp³-hybridized carbons (Fsp3) is 0.500. The van der Waals surface area contributed by atoms with Gasteiger partial charge in [0.25, 0.3) is 5.91 Å². The fourth-order valence-electron chi connectivity index (χ4n) is 2.92. The smallest absolute Gasteiger partial charge is 0.382 e. The maximum absolute atomic E-state index is 13.4. The summed E-state index contributed by atoms with van der Waals surface area (Å²) in [6.45, 7) is 7.49. The van der Waals surface area contributed by atoms with Crippen LogP contribution in [0, 0.1) is 0 Å². The molecule has 1 fully saturated rings. The lowest BCUT2D eigenvalue weighted by Crippen LogP contribution is -2.42. The van der Waals surface area contributed by atoms with Crippen LogP contribution in [-0.4, -0.2) is 58.7 Å². The van der Waals surface area contributed by atoms with Crippen molar-refractivity contribution >= 4 is 23.2 Å². The Labute approximate surface area is 183 Å². The molecular formula is C20H26F3N7O2. The van der Waals surface area contributed by atoms with E-state index in [-0.39, 0.29) is 41.6 Å². The Morgan fingerprint density at radius 3 is 2.50 bits per heavy atom. The molecule has 3 heterocycles. The predicted molar refractivity (Wildman–Crippen MR) is 113 cm³/mol. The quantitative estimate of drug-likeness (QED) is 0.528. The van der Waals surface area contributed by atoms with Gasteiger partial charge < -0.3 is 26.0 Å². The average Bonchev–Trinajstić information content (AvgIpc) is 2.71. The van der Waals surface area contributed by atoms with Crippen molar-refractivity contribution in [2.24, 2.45) is 0 Å². The van der Waals surface area contributed by atoms with Crippen molar-refractivity contribution in [1.29, 1.82) is 0 Å². The van der Waals surface area contributed by atoms with Gasteiger partial charge in [-0.05, 0) is 20.8 Å². The van der Waals surface area contributed by atoms with E-state index in [1.54, 1.807) is 0 Å². The summed E-state index contributed by atoms with van der Waals surface area (Å²) in [4.78, 5) is 24.1. The molecule has 1 amide bonds. The molecule has 1 aliphatic heterocycles. The molecule has 2 aromatic rings. The molecule has 3 rings (SSSR count). The zero-order chi connectivity index (χ0) is 23.4. The summed E-state index contributed by atoms with van der Waals surface area (Å²) in [5.74, 6) is -0.00479. The number of halogens is 3. The number of rotatable bonds is 6. The number of pyridine rings is 1. The summed E-state index contributed by atoms with van der Waals surface area (Å²) in [5, 5.41) is 11.5. The number of anilines is 3. The molecular weight excluding hydrogens is 427 g/mol. The monoisotopic (exact) mass is 453 g/mol. The molecule has 2 aromatic heterocycles. The highest BCUT2D eigenvalue weighted by atomic mass is 19.4. The molecule has 174 valence electrons. The van der Waals surface area contributed by atoms with E-state index in [0.29, 0.717) is 19.7 Å². The zero-order valence-electron chi connectivity index (χ0n) is 18.0. The van der Waals surface area contributed by atoms with Crippen molar-refractivity contribution in [3.63, 3.8) is 0 Å². The molecule has 0 radical (unpaired) electrons. The van der Waals surface area contributed by atoms with Gasteiger partial charge in [0.2, 0.25) is 0 Å². The first-order valence-corrected chi connectivity index (χ1v) is 10.1. The number of ether oxygens (including phenoxy) is 1. The first-order chi connectivity index (χ1) is 15.0. The molecule has 0 bridgehead atoms. The second-order valence-corrected chi connectivity index (χ2v) is 8.31. The van der Waals surface area contributed by atoms with E-state index in [1.165, 1.54) is 18.5 Å². The van der Waals surface area contributed by atoms with E-state index in [9.17, 15) is 18.0 Å². The van der Waals surface area contributed by atoms with Crippen LogP contribution >= 0.6 is 0 Å². The number of carbonyl (C=O) groups excluding carboxylic acids is 1. The number of aromatic nitrogens is 3. The van der Waals surface area contributed by atoms with Crippen molar-refractivity contribution in [3.05, 3.63) is 35.9 Å². The highest BCUT2D eigenvalue weighted by Gasteiger charge is 2.34. The third kappa shape index (κ3) is 6.76. The van der Waals surface area contributed by atoms with E-state index >= 15 is 0 Å². The topological polar surface area (TPSA) is 113 Å². The van der Waals surface area contributed by atoms with Crippen molar-refractivity contribution < 1.29 is 22.7 Å². The van der Waals surface area contributed by atoms with Crippen LogP contribution in [0.1, 0.15) is 36.8 Å². The fourth-order valence-corrected chi connectivity index (χ4v) is 2.92. The van der Waals surface area contributed by atoms with E-state index in [4.69, 9.17) is 4.74 Å². The molecule has 32 heavy (non-hydrogen) atoms. The lowest BCUT2D eigenvalue weighted by Gasteiger charge is -2.25. The maximum atomic E-state index is 13.4. The van der Waals surface area contributed by atoms with Crippen LogP contribution in [0.3, 0.4) is 0 Å². The van der Waals surface area contributed by atoms with Crippen LogP contribution in [0.5, 0.6) is 0 Å². The number of carbonyl (C=O) groups is 1. The van der Waals surface area contributed by atoms with Crippen LogP contribution in [0.25, 0.3) is 0 Å². The minimum Gasteiger partial charge on any atom is -0.382 e. The first kappa shape index (κ1) is 23.7. The lowest BCUT2D eigenvalue weighted by molar-refractivity contribution is -0.137. The number of alkyl halides is 3. The molecule has 0 aromatic carbocycles. The van der Waals surface area contributed by atoms with Gasteiger partial charge in [0.1, 0.15) is 17.3 Å². The highest BCUT2D eigenvalue weighted by Crippen LogP contribution is 2.35. The Morgan fingerprint density at radius 1 is 1.16 bits per heavy atom. The molecule has 12 heteroatoms. The van der Waals surface area contributed by atoms with Crippen molar-refractivity contribution in [2.75, 3.05) is 36.9 Å². The van der Waals surface area contributed by atoms with E-state index in [2.05, 4.69) is 36.2 Å². The Balaban J connectivity index is 1.72. The standard InChI is InChI=1S/C20H26F3N7O2/c1-19(2,3)30-18(31)15-10-28-17(11-26-15)29-16-6-14(13(9-27-16)20(21,22)23)25-8-12-7-24-4-5-32-12/h6,9-12,24H,4-5,7-8H2,1-3H3,(H,30,31)(H2,25,27,28,29)/t12-/m1/s1. The molecule has 0 spiro atoms. The summed E-state index contributed by atoms with van der Waals surface area (Å²) in [6.07, 6.45) is -1.47. The number of nitrogens with one attached hydrogen (secondary N) is 4. The summed E-state index contributed by atoms with van der Waals surface area (Å²) in [6, 6.07) is 1.25. The molecule has 0 saturated carbocycles. The van der Waals surface area contributed by atoms with Crippen LogP contribution < -0.4 is 21.3 Å². The Hall–Kier alpha value is -2.99. The molecule has 0 unspecified atom stereocenters. The Bertz CT molecular complexity index is 924. The van der Waals surface area contributed by atoms with E-state index in [1.807, 2.05) is 20.8 Å². The summed E-state index contributed by atoms with van der Waals surface area (Å²) >= 11 is 0. The van der Waals surface area contributed by atoms with Crippen molar-refractivity contribution in [2.45, 2.75) is 38.6 Å². The minimum atomic E-state index is -4.57. The van der Waals surface area contributed by atoms with E-state index in [0.717, 1.165) is 6.20 Å². The largest absolute Gasteiger partial charge is 0.419 e. The SMILES string of the molecule is CC(C)(C)NC(=O)c1cnc(Nc2cc(NC[C@H]3CNCCO3)c(C(F)(F)F)cn2)cn1. The average molecular weight is 453 g/mol. The van der Waals surface area contributed by atoms with Crippen LogP contribution in [0.15, 0.2) is 24.7 Å². The van der Waals surface area contributed by atoms with Gasteiger partial charge in [-0.25, -0.2) is 15.0 Å². The molecule has 0 aliphatic carbocycles. The molecule has 1 atom stereocenters. The number of nitrogens with zero attached hydrogens (tertiary/aromatic N) is 3. The number of hydrogen-bond acceptors (Lipinski definition) is 8. The van der Waals surface area contributed by atoms with Crippen LogP contribution in [-0.2, 0) is 10.9 Å². The molecule has 9 nitrogen and oxygen atoms in total. The van der Waals surface area contributed by atoms with Gasteiger partial charge >= 0.3 is 6.18 Å². The van der Waals surface area contributed by atoms with Gasteiger partial charge in [-0.3, -0.25) is 4.79 Å². The zero-order valence-corrected chi connectivity index (χ0v) is 18.0. The van der Waals surface area contributed by atoms with Gasteiger partial charge in [-0.15, -0.1) is 0 Å². The van der Waals surface area contributed by atoms with Gasteiger partial charge in [0.15, 0.2) is 0 Å². The first-order valence-electron chi connectivity index (χ1n) is 10.1. The number of morpholine rings is 1. The second-order valence-electron chi connectivity index (χ2n) is 8.31. The lowest BCUT2D eigenvalue weighted by atomic mass is 10.1. The van der Waals surface area contributed by atoms with Gasteiger partial charge in [-0.2, -0.15) is 13.2 Å². The van der Waals surface area contributed by atoms with Gasteiger partial charge in [0.05, 0.1) is 36.4 Å². The van der Waals surface area contributed by atoms with Crippen molar-refractivity contribution in [1.82, 2.24) is 25.6 Å². The van der Waals surface area contributed by atoms with Gasteiger partial charge in [-0.1, -0.05) is 0 Å². The van der Waals surface area contributed by atoms with Crippen LogP contribution in [0.4, 0.5) is 30.5 Å².